The van der Waals surface area contributed by atoms with Gasteiger partial charge in [-0.3, -0.25) is 14.5 Å². The summed E-state index contributed by atoms with van der Waals surface area (Å²) in [6.07, 6.45) is 2.03. The predicted octanol–water partition coefficient (Wildman–Crippen LogP) is 3.50. The van der Waals surface area contributed by atoms with Crippen molar-refractivity contribution in [3.05, 3.63) is 70.9 Å². The molecule has 2 saturated heterocycles. The van der Waals surface area contributed by atoms with E-state index in [9.17, 15) is 9.59 Å². The number of methoxy groups -OCH3 is 2. The number of anilines is 1. The maximum absolute atomic E-state index is 13.5. The molecule has 0 saturated carbocycles. The van der Waals surface area contributed by atoms with Gasteiger partial charge in [0.1, 0.15) is 5.69 Å². The first-order valence-corrected chi connectivity index (χ1v) is 14.5. The van der Waals surface area contributed by atoms with E-state index < -0.39 is 5.91 Å². The number of nitrogens with two attached hydrogens (primary N) is 1. The molecule has 212 valence electrons. The van der Waals surface area contributed by atoms with E-state index in [1.54, 1.807) is 14.2 Å². The third-order valence-electron chi connectivity index (χ3n) is 7.72. The number of hydrogen-bond donors (Lipinski definition) is 2. The van der Waals surface area contributed by atoms with Crippen LogP contribution in [0.1, 0.15) is 50.7 Å². The van der Waals surface area contributed by atoms with Gasteiger partial charge in [0, 0.05) is 58.1 Å². The molecular weight excluding hydrogens is 526 g/mol. The van der Waals surface area contributed by atoms with E-state index in [1.165, 1.54) is 16.9 Å². The van der Waals surface area contributed by atoms with Crippen LogP contribution in [0.3, 0.4) is 0 Å². The summed E-state index contributed by atoms with van der Waals surface area (Å²) in [5.74, 6) is -0.507. The molecule has 2 amide bonds. The summed E-state index contributed by atoms with van der Waals surface area (Å²) in [5.41, 5.74) is 9.57. The SMILES string of the molecule is COCCNC(=O)c1cc(C2CCN(Cc3ccccc3)C2)ccc1-c1sc(N2CC[C@H](OC)C2)nc1C(N)=O. The fourth-order valence-corrected chi connectivity index (χ4v) is 6.69. The minimum Gasteiger partial charge on any atom is -0.383 e. The molecule has 3 N–H and O–H groups in total. The molecule has 5 rings (SSSR count). The van der Waals surface area contributed by atoms with Crippen molar-refractivity contribution in [1.29, 1.82) is 0 Å². The first kappa shape index (κ1) is 28.2. The Hall–Kier alpha value is -3.31. The second kappa shape index (κ2) is 12.9. The van der Waals surface area contributed by atoms with Gasteiger partial charge >= 0.3 is 0 Å². The number of thiazole rings is 1. The standard InChI is InChI=1S/C30H37N5O4S/c1-38-15-12-32-29(37)25-16-21(22-10-13-34(18-22)17-20-6-4-3-5-7-20)8-9-24(25)27-26(28(31)36)33-30(40-27)35-14-11-23(19-35)39-2/h3-9,16,22-23H,10-15,17-19H2,1-2H3,(H2,31,36)(H,32,37)/t22?,23-/m0/s1. The van der Waals surface area contributed by atoms with Gasteiger partial charge in [-0.15, -0.1) is 0 Å². The average molecular weight is 564 g/mol. The lowest BCUT2D eigenvalue weighted by atomic mass is 9.93. The molecule has 2 aromatic carbocycles. The summed E-state index contributed by atoms with van der Waals surface area (Å²) in [6, 6.07) is 16.5. The highest BCUT2D eigenvalue weighted by Gasteiger charge is 2.30. The molecule has 1 aromatic heterocycles. The third-order valence-corrected chi connectivity index (χ3v) is 8.86. The van der Waals surface area contributed by atoms with Crippen LogP contribution < -0.4 is 16.0 Å². The molecule has 1 unspecified atom stereocenters. The molecule has 2 aliphatic rings. The minimum atomic E-state index is -0.609. The fraction of sp³-hybridized carbons (Fsp3) is 0.433. The van der Waals surface area contributed by atoms with Crippen LogP contribution in [0.2, 0.25) is 0 Å². The van der Waals surface area contributed by atoms with Crippen molar-refractivity contribution in [2.45, 2.75) is 31.4 Å². The van der Waals surface area contributed by atoms with Gasteiger partial charge in [-0.05, 0) is 42.5 Å². The van der Waals surface area contributed by atoms with Gasteiger partial charge in [-0.1, -0.05) is 53.8 Å². The van der Waals surface area contributed by atoms with E-state index in [2.05, 4.69) is 50.4 Å². The summed E-state index contributed by atoms with van der Waals surface area (Å²) >= 11 is 1.40. The van der Waals surface area contributed by atoms with Crippen LogP contribution in [0, 0.1) is 0 Å². The van der Waals surface area contributed by atoms with E-state index in [0.717, 1.165) is 44.6 Å². The minimum absolute atomic E-state index is 0.124. The molecule has 0 radical (unpaired) electrons. The lowest BCUT2D eigenvalue weighted by Gasteiger charge is -2.18. The van der Waals surface area contributed by atoms with E-state index in [0.29, 0.717) is 46.7 Å². The van der Waals surface area contributed by atoms with Crippen LogP contribution >= 0.6 is 11.3 Å². The summed E-state index contributed by atoms with van der Waals surface area (Å²) in [6.45, 7) is 5.11. The molecule has 0 spiro atoms. The van der Waals surface area contributed by atoms with E-state index >= 15 is 0 Å². The number of amides is 2. The topological polar surface area (TPSA) is 110 Å². The average Bonchev–Trinajstić information content (AvgIpc) is 3.73. The number of likely N-dealkylation sites (tertiary alicyclic amines) is 1. The Morgan fingerprint density at radius 2 is 1.93 bits per heavy atom. The largest absolute Gasteiger partial charge is 0.383 e. The number of primary amides is 1. The van der Waals surface area contributed by atoms with E-state index in [-0.39, 0.29) is 17.7 Å². The Balaban J connectivity index is 1.44. The zero-order valence-electron chi connectivity index (χ0n) is 23.1. The van der Waals surface area contributed by atoms with Crippen LogP contribution in [0.4, 0.5) is 5.13 Å². The number of benzene rings is 2. The van der Waals surface area contributed by atoms with Crippen molar-refractivity contribution < 1.29 is 19.1 Å². The van der Waals surface area contributed by atoms with Gasteiger partial charge in [0.15, 0.2) is 5.13 Å². The molecule has 0 aliphatic carbocycles. The highest BCUT2D eigenvalue weighted by atomic mass is 32.1. The number of carbonyl (C=O) groups is 2. The van der Waals surface area contributed by atoms with Crippen molar-refractivity contribution in [3.63, 3.8) is 0 Å². The maximum Gasteiger partial charge on any atom is 0.268 e. The normalized spacial score (nSPS) is 19.3. The van der Waals surface area contributed by atoms with Crippen LogP contribution in [0.5, 0.6) is 0 Å². The van der Waals surface area contributed by atoms with Crippen molar-refractivity contribution in [2.24, 2.45) is 5.73 Å². The molecule has 9 nitrogen and oxygen atoms in total. The number of hydrogen-bond acceptors (Lipinski definition) is 8. The van der Waals surface area contributed by atoms with Gasteiger partial charge in [0.2, 0.25) is 0 Å². The Bertz CT molecular complexity index is 1330. The van der Waals surface area contributed by atoms with Crippen molar-refractivity contribution in [2.75, 3.05) is 58.5 Å². The molecule has 40 heavy (non-hydrogen) atoms. The van der Waals surface area contributed by atoms with Crippen LogP contribution in [-0.2, 0) is 16.0 Å². The van der Waals surface area contributed by atoms with Crippen molar-refractivity contribution in [1.82, 2.24) is 15.2 Å². The maximum atomic E-state index is 13.5. The van der Waals surface area contributed by atoms with Gasteiger partial charge in [-0.25, -0.2) is 4.98 Å². The first-order chi connectivity index (χ1) is 19.5. The zero-order chi connectivity index (χ0) is 28.1. The highest BCUT2D eigenvalue weighted by Crippen LogP contribution is 2.39. The predicted molar refractivity (Wildman–Crippen MR) is 157 cm³/mol. The first-order valence-electron chi connectivity index (χ1n) is 13.7. The number of ether oxygens (including phenoxy) is 2. The molecule has 3 aromatic rings. The summed E-state index contributed by atoms with van der Waals surface area (Å²) in [4.78, 5) is 35.8. The van der Waals surface area contributed by atoms with Crippen LogP contribution in [0.25, 0.3) is 10.4 Å². The molecular formula is C30H37N5O4S. The second-order valence-corrected chi connectivity index (χ2v) is 11.4. The van der Waals surface area contributed by atoms with Crippen molar-refractivity contribution in [3.8, 4) is 10.4 Å². The molecule has 3 heterocycles. The van der Waals surface area contributed by atoms with Gasteiger partial charge in [0.05, 0.1) is 17.6 Å². The van der Waals surface area contributed by atoms with Gasteiger partial charge < -0.3 is 25.4 Å². The number of carbonyl (C=O) groups excluding carboxylic acids is 2. The van der Waals surface area contributed by atoms with Gasteiger partial charge in [-0.2, -0.15) is 0 Å². The van der Waals surface area contributed by atoms with E-state index in [1.807, 2.05) is 18.2 Å². The number of nitrogens with zero attached hydrogens (tertiary/aromatic N) is 3. The van der Waals surface area contributed by atoms with Crippen LogP contribution in [-0.4, -0.2) is 81.4 Å². The Morgan fingerprint density at radius 1 is 1.10 bits per heavy atom. The van der Waals surface area contributed by atoms with Crippen LogP contribution in [0.15, 0.2) is 48.5 Å². The second-order valence-electron chi connectivity index (χ2n) is 10.4. The number of rotatable bonds is 11. The zero-order valence-corrected chi connectivity index (χ0v) is 23.9. The number of nitrogens with one attached hydrogen (secondary N) is 1. The van der Waals surface area contributed by atoms with E-state index in [4.69, 9.17) is 15.2 Å². The summed E-state index contributed by atoms with van der Waals surface area (Å²) in [5, 5.41) is 3.67. The lowest BCUT2D eigenvalue weighted by Crippen LogP contribution is -2.27. The molecule has 2 aliphatic heterocycles. The smallest absolute Gasteiger partial charge is 0.268 e. The Morgan fingerprint density at radius 3 is 2.65 bits per heavy atom. The molecule has 10 heteroatoms. The van der Waals surface area contributed by atoms with Crippen molar-refractivity contribution >= 4 is 28.3 Å². The monoisotopic (exact) mass is 563 g/mol. The quantitative estimate of drug-likeness (QED) is 0.344. The third kappa shape index (κ3) is 6.36. The van der Waals surface area contributed by atoms with Gasteiger partial charge in [0.25, 0.3) is 11.8 Å². The summed E-state index contributed by atoms with van der Waals surface area (Å²) in [7, 11) is 3.31. The molecule has 2 atom stereocenters. The Labute approximate surface area is 239 Å². The highest BCUT2D eigenvalue weighted by molar-refractivity contribution is 7.19. The summed E-state index contributed by atoms with van der Waals surface area (Å²) < 4.78 is 10.6. The fourth-order valence-electron chi connectivity index (χ4n) is 5.54. The number of aromatic nitrogens is 1. The molecule has 0 bridgehead atoms. The Kier molecular flexibility index (Phi) is 9.11. The lowest BCUT2D eigenvalue weighted by molar-refractivity contribution is 0.0936. The molecule has 2 fully saturated rings.